The number of benzene rings is 2. The number of hydrogen-bond acceptors (Lipinski definition) is 6. The Morgan fingerprint density at radius 2 is 1.77 bits per heavy atom. The molecule has 9 heteroatoms. The normalized spacial score (nSPS) is 14.3. The van der Waals surface area contributed by atoms with E-state index in [4.69, 9.17) is 4.74 Å². The molecule has 0 aliphatic carbocycles. The smallest absolute Gasteiger partial charge is 0.160 e. The van der Waals surface area contributed by atoms with Crippen LogP contribution < -0.4 is 10.2 Å². The average Bonchev–Trinajstić information content (AvgIpc) is 3.20. The Balaban J connectivity index is 1.48. The molecule has 1 N–H and O–H groups in total. The summed E-state index contributed by atoms with van der Waals surface area (Å²) in [6, 6.07) is 11.3. The van der Waals surface area contributed by atoms with E-state index in [1.165, 1.54) is 29.3 Å². The maximum absolute atomic E-state index is 14.3. The zero-order valence-electron chi connectivity index (χ0n) is 15.9. The molecule has 0 radical (unpaired) electrons. The lowest BCUT2D eigenvalue weighted by molar-refractivity contribution is 0.122. The van der Waals surface area contributed by atoms with Crippen LogP contribution in [0.3, 0.4) is 0 Å². The number of aromatic nitrogens is 4. The van der Waals surface area contributed by atoms with Crippen LogP contribution in [-0.4, -0.2) is 46.1 Å². The Labute approximate surface area is 170 Å². The van der Waals surface area contributed by atoms with Crippen molar-refractivity contribution < 1.29 is 13.5 Å². The topological polar surface area (TPSA) is 68.1 Å². The van der Waals surface area contributed by atoms with Crippen LogP contribution in [-0.2, 0) is 4.74 Å². The Morgan fingerprint density at radius 3 is 2.53 bits per heavy atom. The van der Waals surface area contributed by atoms with Gasteiger partial charge >= 0.3 is 0 Å². The second kappa shape index (κ2) is 7.68. The molecule has 0 spiro atoms. The lowest BCUT2D eigenvalue weighted by Crippen LogP contribution is -2.36. The number of hydrogen-bond donors (Lipinski definition) is 1. The monoisotopic (exact) mass is 408 g/mol. The summed E-state index contributed by atoms with van der Waals surface area (Å²) in [5.74, 6) is -0.896. The molecule has 3 heterocycles. The first-order valence-electron chi connectivity index (χ1n) is 9.53. The Morgan fingerprint density at radius 1 is 0.967 bits per heavy atom. The highest BCUT2D eigenvalue weighted by Crippen LogP contribution is 2.27. The Bertz CT molecular complexity index is 1190. The van der Waals surface area contributed by atoms with E-state index in [1.54, 1.807) is 0 Å². The molecule has 30 heavy (non-hydrogen) atoms. The maximum Gasteiger partial charge on any atom is 0.160 e. The number of ether oxygens (including phenoxy) is 1. The number of nitrogens with one attached hydrogen (secondary N) is 1. The minimum absolute atomic E-state index is 0.118. The zero-order valence-corrected chi connectivity index (χ0v) is 15.9. The summed E-state index contributed by atoms with van der Waals surface area (Å²) in [5, 5.41) is 7.48. The minimum atomic E-state index is -0.718. The van der Waals surface area contributed by atoms with Gasteiger partial charge in [0.25, 0.3) is 0 Å². The molecule has 1 aliphatic rings. The van der Waals surface area contributed by atoms with Crippen LogP contribution in [0.4, 0.5) is 26.0 Å². The highest BCUT2D eigenvalue weighted by molar-refractivity contribution is 5.88. The molecular weight excluding hydrogens is 390 g/mol. The van der Waals surface area contributed by atoms with Gasteiger partial charge in [-0.05, 0) is 36.4 Å². The van der Waals surface area contributed by atoms with Crippen molar-refractivity contribution in [3.8, 4) is 5.69 Å². The van der Waals surface area contributed by atoms with Crippen molar-refractivity contribution in [1.29, 1.82) is 0 Å². The standard InChI is InChI=1S/C21H18F2N6O/c22-14-1-6-19(17(23)11-14)29-20-18(12-26-29)24-13-25-21(20)27-15-2-4-16(5-3-15)28-7-9-30-10-8-28/h1-6,11-13H,7-10H2,(H,24,25,27). The van der Waals surface area contributed by atoms with E-state index in [-0.39, 0.29) is 5.69 Å². The molecular formula is C21H18F2N6O. The Hall–Kier alpha value is -3.59. The largest absolute Gasteiger partial charge is 0.378 e. The van der Waals surface area contributed by atoms with Gasteiger partial charge in [0.1, 0.15) is 28.9 Å². The van der Waals surface area contributed by atoms with Crippen LogP contribution in [0.5, 0.6) is 0 Å². The molecule has 4 aromatic rings. The minimum Gasteiger partial charge on any atom is -0.378 e. The van der Waals surface area contributed by atoms with Gasteiger partial charge in [-0.2, -0.15) is 5.10 Å². The molecule has 2 aromatic carbocycles. The first-order valence-corrected chi connectivity index (χ1v) is 9.53. The van der Waals surface area contributed by atoms with Gasteiger partial charge in [0.2, 0.25) is 0 Å². The van der Waals surface area contributed by atoms with Crippen molar-refractivity contribution in [3.05, 3.63) is 66.6 Å². The number of nitrogens with zero attached hydrogens (tertiary/aromatic N) is 5. The first kappa shape index (κ1) is 18.4. The fourth-order valence-electron chi connectivity index (χ4n) is 3.51. The molecule has 2 aromatic heterocycles. The quantitative estimate of drug-likeness (QED) is 0.556. The summed E-state index contributed by atoms with van der Waals surface area (Å²) < 4.78 is 34.4. The van der Waals surface area contributed by atoms with Gasteiger partial charge in [0, 0.05) is 30.5 Å². The molecule has 1 saturated heterocycles. The van der Waals surface area contributed by atoms with E-state index in [0.29, 0.717) is 16.9 Å². The zero-order chi connectivity index (χ0) is 20.5. The molecule has 0 unspecified atom stereocenters. The molecule has 1 fully saturated rings. The lowest BCUT2D eigenvalue weighted by atomic mass is 10.2. The van der Waals surface area contributed by atoms with E-state index in [9.17, 15) is 8.78 Å². The third-order valence-corrected chi connectivity index (χ3v) is 5.00. The number of rotatable bonds is 4. The second-order valence-corrected chi connectivity index (χ2v) is 6.88. The fourth-order valence-corrected chi connectivity index (χ4v) is 3.51. The molecule has 0 amide bonds. The van der Waals surface area contributed by atoms with E-state index in [1.807, 2.05) is 24.3 Å². The summed E-state index contributed by atoms with van der Waals surface area (Å²) in [5.41, 5.74) is 3.10. The third-order valence-electron chi connectivity index (χ3n) is 5.00. The predicted octanol–water partition coefficient (Wildman–Crippen LogP) is 3.67. The van der Waals surface area contributed by atoms with E-state index >= 15 is 0 Å². The summed E-state index contributed by atoms with van der Waals surface area (Å²) in [6.45, 7) is 3.18. The van der Waals surface area contributed by atoms with Gasteiger partial charge in [0.05, 0.1) is 19.4 Å². The molecule has 0 bridgehead atoms. The molecule has 7 nitrogen and oxygen atoms in total. The van der Waals surface area contributed by atoms with Crippen LogP contribution >= 0.6 is 0 Å². The van der Waals surface area contributed by atoms with Gasteiger partial charge in [-0.25, -0.2) is 23.4 Å². The van der Waals surface area contributed by atoms with Crippen molar-refractivity contribution in [1.82, 2.24) is 19.7 Å². The van der Waals surface area contributed by atoms with Crippen LogP contribution in [0.2, 0.25) is 0 Å². The molecule has 5 rings (SSSR count). The maximum atomic E-state index is 14.3. The second-order valence-electron chi connectivity index (χ2n) is 6.88. The number of morpholine rings is 1. The SMILES string of the molecule is Fc1ccc(-n2ncc3ncnc(Nc4ccc(N5CCOCC5)cc4)c32)c(F)c1. The van der Waals surface area contributed by atoms with Crippen molar-refractivity contribution in [2.24, 2.45) is 0 Å². The van der Waals surface area contributed by atoms with Gasteiger partial charge in [-0.15, -0.1) is 0 Å². The number of halogens is 2. The third kappa shape index (κ3) is 3.43. The summed E-state index contributed by atoms with van der Waals surface area (Å²) in [7, 11) is 0. The van der Waals surface area contributed by atoms with Gasteiger partial charge in [-0.1, -0.05) is 0 Å². The predicted molar refractivity (Wildman–Crippen MR) is 109 cm³/mol. The van der Waals surface area contributed by atoms with Crippen LogP contribution in [0, 0.1) is 11.6 Å². The van der Waals surface area contributed by atoms with E-state index in [0.717, 1.165) is 43.7 Å². The van der Waals surface area contributed by atoms with Crippen molar-refractivity contribution >= 4 is 28.2 Å². The highest BCUT2D eigenvalue weighted by Gasteiger charge is 2.16. The molecule has 152 valence electrons. The Kier molecular flexibility index (Phi) is 4.72. The van der Waals surface area contributed by atoms with Gasteiger partial charge in [0.15, 0.2) is 11.6 Å². The van der Waals surface area contributed by atoms with Crippen LogP contribution in [0.25, 0.3) is 16.7 Å². The summed E-state index contributed by atoms with van der Waals surface area (Å²) in [4.78, 5) is 10.8. The lowest BCUT2D eigenvalue weighted by Gasteiger charge is -2.28. The molecule has 1 aliphatic heterocycles. The van der Waals surface area contributed by atoms with Gasteiger partial charge in [-0.3, -0.25) is 0 Å². The number of anilines is 3. The summed E-state index contributed by atoms with van der Waals surface area (Å²) in [6.07, 6.45) is 2.94. The van der Waals surface area contributed by atoms with Crippen molar-refractivity contribution in [2.45, 2.75) is 0 Å². The van der Waals surface area contributed by atoms with Crippen LogP contribution in [0.15, 0.2) is 55.0 Å². The average molecular weight is 408 g/mol. The van der Waals surface area contributed by atoms with Gasteiger partial charge < -0.3 is 15.0 Å². The van der Waals surface area contributed by atoms with E-state index < -0.39 is 11.6 Å². The highest BCUT2D eigenvalue weighted by atomic mass is 19.1. The van der Waals surface area contributed by atoms with Crippen LogP contribution in [0.1, 0.15) is 0 Å². The summed E-state index contributed by atoms with van der Waals surface area (Å²) >= 11 is 0. The molecule has 0 saturated carbocycles. The first-order chi connectivity index (χ1) is 14.7. The fraction of sp³-hybridized carbons (Fsp3) is 0.190. The molecule has 0 atom stereocenters. The number of fused-ring (bicyclic) bond motifs is 1. The van der Waals surface area contributed by atoms with E-state index in [2.05, 4.69) is 25.3 Å². The van der Waals surface area contributed by atoms with Crippen molar-refractivity contribution in [2.75, 3.05) is 36.5 Å². The van der Waals surface area contributed by atoms with Crippen molar-refractivity contribution in [3.63, 3.8) is 0 Å².